The van der Waals surface area contributed by atoms with Crippen molar-refractivity contribution in [1.29, 1.82) is 5.41 Å². The van der Waals surface area contributed by atoms with Gasteiger partial charge in [-0.1, -0.05) is 49.6 Å². The number of benzene rings is 1. The molecule has 0 spiro atoms. The lowest BCUT2D eigenvalue weighted by atomic mass is 9.74. The molecular formula is C27H38N2. The Labute approximate surface area is 177 Å². The number of nitrogens with two attached hydrogens (primary N) is 1. The molecule has 0 aliphatic heterocycles. The van der Waals surface area contributed by atoms with Gasteiger partial charge in [-0.05, 0) is 99.1 Å². The topological polar surface area (TPSA) is 49.9 Å². The van der Waals surface area contributed by atoms with E-state index in [1.165, 1.54) is 75.3 Å². The Morgan fingerprint density at radius 1 is 1.07 bits per heavy atom. The van der Waals surface area contributed by atoms with E-state index < -0.39 is 0 Å². The molecule has 3 aliphatic carbocycles. The second-order valence-electron chi connectivity index (χ2n) is 8.77. The highest BCUT2D eigenvalue weighted by atomic mass is 14.5. The smallest absolute Gasteiger partial charge is 0.0347 e. The van der Waals surface area contributed by atoms with Crippen LogP contribution in [0, 0.1) is 17.2 Å². The minimum absolute atomic E-state index is 0.510. The molecule has 156 valence electrons. The molecule has 0 amide bonds. The third-order valence-electron chi connectivity index (χ3n) is 6.79. The zero-order valence-corrected chi connectivity index (χ0v) is 18.3. The van der Waals surface area contributed by atoms with Crippen molar-refractivity contribution in [3.8, 4) is 0 Å². The van der Waals surface area contributed by atoms with Crippen LogP contribution in [0.2, 0.25) is 0 Å². The molecule has 3 aliphatic rings. The van der Waals surface area contributed by atoms with E-state index in [0.717, 1.165) is 11.4 Å². The minimum atomic E-state index is 0.510. The van der Waals surface area contributed by atoms with Gasteiger partial charge in [-0.15, -0.1) is 0 Å². The van der Waals surface area contributed by atoms with Gasteiger partial charge in [0.2, 0.25) is 0 Å². The van der Waals surface area contributed by atoms with E-state index in [9.17, 15) is 0 Å². The maximum absolute atomic E-state index is 8.26. The van der Waals surface area contributed by atoms with Gasteiger partial charge in [-0.25, -0.2) is 0 Å². The molecule has 0 heterocycles. The Bertz CT molecular complexity index is 789. The molecule has 2 nitrogen and oxygen atoms in total. The van der Waals surface area contributed by atoms with Crippen LogP contribution >= 0.6 is 0 Å². The first-order chi connectivity index (χ1) is 14.1. The van der Waals surface area contributed by atoms with Gasteiger partial charge in [0.25, 0.3) is 0 Å². The third-order valence-corrected chi connectivity index (χ3v) is 6.79. The Kier molecular flexibility index (Phi) is 7.91. The van der Waals surface area contributed by atoms with Crippen molar-refractivity contribution in [2.45, 2.75) is 78.1 Å². The van der Waals surface area contributed by atoms with Crippen LogP contribution in [-0.4, -0.2) is 5.71 Å². The van der Waals surface area contributed by atoms with Crippen molar-refractivity contribution in [2.75, 3.05) is 5.73 Å². The zero-order chi connectivity index (χ0) is 20.6. The van der Waals surface area contributed by atoms with Gasteiger partial charge in [0, 0.05) is 17.3 Å². The summed E-state index contributed by atoms with van der Waals surface area (Å²) in [4.78, 5) is 0. The van der Waals surface area contributed by atoms with E-state index in [2.05, 4.69) is 44.2 Å². The van der Waals surface area contributed by atoms with Crippen LogP contribution in [0.4, 0.5) is 5.69 Å². The summed E-state index contributed by atoms with van der Waals surface area (Å²) in [6.45, 7) is 4.35. The summed E-state index contributed by atoms with van der Waals surface area (Å²) in [7, 11) is 0. The number of hydrogen-bond donors (Lipinski definition) is 2. The summed E-state index contributed by atoms with van der Waals surface area (Å²) >= 11 is 0. The Balaban J connectivity index is 0.000000204. The molecule has 2 heteroatoms. The lowest BCUT2D eigenvalue weighted by molar-refractivity contribution is 0.399. The van der Waals surface area contributed by atoms with Gasteiger partial charge >= 0.3 is 0 Å². The Morgan fingerprint density at radius 2 is 1.79 bits per heavy atom. The zero-order valence-electron chi connectivity index (χ0n) is 18.3. The molecule has 4 rings (SSSR count). The third kappa shape index (κ3) is 5.72. The van der Waals surface area contributed by atoms with Gasteiger partial charge < -0.3 is 11.1 Å². The van der Waals surface area contributed by atoms with Crippen LogP contribution in [0.3, 0.4) is 0 Å². The minimum Gasteiger partial charge on any atom is -0.399 e. The maximum atomic E-state index is 8.26. The van der Waals surface area contributed by atoms with Crippen molar-refractivity contribution in [1.82, 2.24) is 0 Å². The molecular weight excluding hydrogens is 352 g/mol. The fraction of sp³-hybridized carbons (Fsp3) is 0.519. The average Bonchev–Trinajstić information content (AvgIpc) is 3.06. The molecule has 0 atom stereocenters. The van der Waals surface area contributed by atoms with E-state index in [4.69, 9.17) is 11.1 Å². The lowest BCUT2D eigenvalue weighted by Gasteiger charge is -2.31. The van der Waals surface area contributed by atoms with E-state index >= 15 is 0 Å². The molecule has 0 aromatic heterocycles. The largest absolute Gasteiger partial charge is 0.399 e. The van der Waals surface area contributed by atoms with Crippen LogP contribution in [0.5, 0.6) is 0 Å². The standard InChI is InChI=1S/C17H22N2.C10H16/c18-15-9-3-8-14(10-15)16(12-4-1-5-12)11-17(19)13-6-2-7-13;1-3-6-10-8-5-7-9(10)4-2/h3,8-13,19H,1-2,4-7,18H2;3,6H,4-5,7-8H2,1-2H3/b16-11+,19-17?;6-3-. The van der Waals surface area contributed by atoms with Gasteiger partial charge in [0.15, 0.2) is 0 Å². The van der Waals surface area contributed by atoms with Crippen molar-refractivity contribution >= 4 is 17.0 Å². The summed E-state index contributed by atoms with van der Waals surface area (Å²) in [6, 6.07) is 8.13. The highest BCUT2D eigenvalue weighted by molar-refractivity contribution is 6.01. The van der Waals surface area contributed by atoms with Crippen LogP contribution < -0.4 is 5.73 Å². The van der Waals surface area contributed by atoms with E-state index in [-0.39, 0.29) is 0 Å². The Hall–Kier alpha value is -2.09. The van der Waals surface area contributed by atoms with Gasteiger partial charge in [0.05, 0.1) is 0 Å². The summed E-state index contributed by atoms with van der Waals surface area (Å²) in [5.74, 6) is 1.15. The Morgan fingerprint density at radius 3 is 2.34 bits per heavy atom. The van der Waals surface area contributed by atoms with Crippen LogP contribution in [0.1, 0.15) is 83.6 Å². The van der Waals surface area contributed by atoms with Crippen LogP contribution in [0.25, 0.3) is 5.57 Å². The predicted molar refractivity (Wildman–Crippen MR) is 127 cm³/mol. The first-order valence-electron chi connectivity index (χ1n) is 11.6. The maximum Gasteiger partial charge on any atom is 0.0347 e. The first kappa shape index (κ1) is 21.6. The number of hydrogen-bond acceptors (Lipinski definition) is 2. The van der Waals surface area contributed by atoms with E-state index in [1.54, 1.807) is 11.1 Å². The molecule has 2 saturated carbocycles. The van der Waals surface area contributed by atoms with Crippen molar-refractivity contribution < 1.29 is 0 Å². The number of allylic oxidation sites excluding steroid dienone is 6. The molecule has 29 heavy (non-hydrogen) atoms. The summed E-state index contributed by atoms with van der Waals surface area (Å²) < 4.78 is 0. The molecule has 1 aromatic rings. The molecule has 0 unspecified atom stereocenters. The van der Waals surface area contributed by atoms with E-state index in [1.807, 2.05) is 12.1 Å². The quantitative estimate of drug-likeness (QED) is 0.379. The second kappa shape index (κ2) is 10.6. The molecule has 2 fully saturated rings. The summed E-state index contributed by atoms with van der Waals surface area (Å²) in [5, 5.41) is 8.26. The second-order valence-corrected chi connectivity index (χ2v) is 8.77. The number of anilines is 1. The molecule has 0 bridgehead atoms. The SMILES string of the molecule is C/C=C\C1=C(CC)CCC1.N=C(/C=C(/c1cccc(N)c1)C1CCC1)C1CCC1. The molecule has 1 aromatic carbocycles. The summed E-state index contributed by atoms with van der Waals surface area (Å²) in [5.41, 5.74) is 13.4. The fourth-order valence-corrected chi connectivity index (χ4v) is 4.51. The van der Waals surface area contributed by atoms with Gasteiger partial charge in [-0.3, -0.25) is 0 Å². The van der Waals surface area contributed by atoms with Crippen molar-refractivity contribution in [3.63, 3.8) is 0 Å². The molecule has 0 saturated heterocycles. The van der Waals surface area contributed by atoms with Crippen molar-refractivity contribution in [3.05, 3.63) is 59.2 Å². The normalized spacial score (nSPS) is 20.3. The van der Waals surface area contributed by atoms with Crippen LogP contribution in [-0.2, 0) is 0 Å². The summed E-state index contributed by atoms with van der Waals surface area (Å²) in [6.07, 6.45) is 19.4. The van der Waals surface area contributed by atoms with Crippen LogP contribution in [0.15, 0.2) is 53.6 Å². The number of nitrogens with one attached hydrogen (secondary N) is 1. The van der Waals surface area contributed by atoms with Gasteiger partial charge in [0.1, 0.15) is 0 Å². The van der Waals surface area contributed by atoms with Gasteiger partial charge in [-0.2, -0.15) is 0 Å². The van der Waals surface area contributed by atoms with E-state index in [0.29, 0.717) is 11.8 Å². The molecule has 3 N–H and O–H groups in total. The fourth-order valence-electron chi connectivity index (χ4n) is 4.51. The van der Waals surface area contributed by atoms with Crippen molar-refractivity contribution in [2.24, 2.45) is 11.8 Å². The first-order valence-corrected chi connectivity index (χ1v) is 11.6. The lowest BCUT2D eigenvalue weighted by Crippen LogP contribution is -2.21. The number of rotatable bonds is 6. The number of nitrogen functional groups attached to an aromatic ring is 1. The monoisotopic (exact) mass is 390 g/mol. The highest BCUT2D eigenvalue weighted by Gasteiger charge is 2.26. The average molecular weight is 391 g/mol. The predicted octanol–water partition coefficient (Wildman–Crippen LogP) is 7.73. The highest BCUT2D eigenvalue weighted by Crippen LogP contribution is 2.40. The molecule has 0 radical (unpaired) electrons.